The van der Waals surface area contributed by atoms with Crippen molar-refractivity contribution in [1.29, 1.82) is 0 Å². The van der Waals surface area contributed by atoms with Gasteiger partial charge in [-0.25, -0.2) is 0 Å². The Labute approximate surface area is 192 Å². The molecule has 0 unspecified atom stereocenters. The predicted octanol–water partition coefficient (Wildman–Crippen LogP) is 4.77. The Balaban J connectivity index is 1.33. The summed E-state index contributed by atoms with van der Waals surface area (Å²) in [6.07, 6.45) is 7.28. The second-order valence-corrected chi connectivity index (χ2v) is 10.6. The monoisotopic (exact) mass is 435 g/mol. The zero-order valence-corrected chi connectivity index (χ0v) is 19.5. The largest absolute Gasteiger partial charge is 0.508 e. The summed E-state index contributed by atoms with van der Waals surface area (Å²) >= 11 is 0. The van der Waals surface area contributed by atoms with Crippen LogP contribution in [0.2, 0.25) is 0 Å². The van der Waals surface area contributed by atoms with Crippen LogP contribution in [0.4, 0.5) is 0 Å². The molecular weight excluding hydrogens is 398 g/mol. The predicted molar refractivity (Wildman–Crippen MR) is 127 cm³/mol. The third-order valence-electron chi connectivity index (χ3n) is 8.64. The van der Waals surface area contributed by atoms with E-state index in [-0.39, 0.29) is 11.5 Å². The highest BCUT2D eigenvalue weighted by Crippen LogP contribution is 2.62. The minimum absolute atomic E-state index is 0.00286. The molecule has 2 N–H and O–H groups in total. The van der Waals surface area contributed by atoms with Crippen molar-refractivity contribution >= 4 is 0 Å². The minimum Gasteiger partial charge on any atom is -0.508 e. The Morgan fingerprint density at radius 1 is 1.03 bits per heavy atom. The van der Waals surface area contributed by atoms with Crippen LogP contribution < -0.4 is 4.74 Å². The quantitative estimate of drug-likeness (QED) is 0.686. The van der Waals surface area contributed by atoms with Crippen molar-refractivity contribution in [3.8, 4) is 11.5 Å². The van der Waals surface area contributed by atoms with E-state index in [0.717, 1.165) is 50.8 Å². The van der Waals surface area contributed by atoms with Crippen LogP contribution in [0.5, 0.6) is 11.5 Å². The number of fused-ring (bicyclic) bond motifs is 5. The topological polar surface area (TPSA) is 52.9 Å². The number of likely N-dealkylation sites (N-methyl/N-ethyl adjacent to an activating group) is 1. The first-order chi connectivity index (χ1) is 15.5. The van der Waals surface area contributed by atoms with E-state index in [0.29, 0.717) is 30.1 Å². The van der Waals surface area contributed by atoms with Crippen molar-refractivity contribution in [2.45, 2.75) is 57.0 Å². The number of aromatic hydroxyl groups is 1. The maximum absolute atomic E-state index is 11.2. The van der Waals surface area contributed by atoms with Gasteiger partial charge >= 0.3 is 0 Å². The lowest BCUT2D eigenvalue weighted by Crippen LogP contribution is -2.47. The van der Waals surface area contributed by atoms with E-state index in [9.17, 15) is 10.2 Å². The Bertz CT molecular complexity index is 940. The summed E-state index contributed by atoms with van der Waals surface area (Å²) < 4.78 is 5.87. The number of aliphatic hydroxyl groups is 1. The summed E-state index contributed by atoms with van der Waals surface area (Å²) in [7, 11) is 4.11. The molecule has 2 aromatic rings. The fourth-order valence-electron chi connectivity index (χ4n) is 7.12. The number of aryl methyl sites for hydroxylation is 1. The van der Waals surface area contributed by atoms with Gasteiger partial charge in [0.25, 0.3) is 0 Å². The molecule has 32 heavy (non-hydrogen) atoms. The summed E-state index contributed by atoms with van der Waals surface area (Å²) in [5.41, 5.74) is 4.11. The molecule has 172 valence electrons. The second kappa shape index (κ2) is 8.72. The van der Waals surface area contributed by atoms with E-state index in [2.05, 4.69) is 49.3 Å². The van der Waals surface area contributed by atoms with Gasteiger partial charge in [-0.2, -0.15) is 0 Å². The molecule has 0 aromatic heterocycles. The molecule has 2 saturated carbocycles. The summed E-state index contributed by atoms with van der Waals surface area (Å²) in [6.45, 7) is 1.60. The molecule has 2 aromatic carbocycles. The Kier molecular flexibility index (Phi) is 5.94. The van der Waals surface area contributed by atoms with Gasteiger partial charge in [-0.05, 0) is 118 Å². The Morgan fingerprint density at radius 3 is 2.62 bits per heavy atom. The highest BCUT2D eigenvalue weighted by atomic mass is 16.5. The molecule has 4 heteroatoms. The van der Waals surface area contributed by atoms with Crippen molar-refractivity contribution in [2.75, 3.05) is 27.2 Å². The fourth-order valence-corrected chi connectivity index (χ4v) is 7.12. The molecule has 0 aliphatic heterocycles. The van der Waals surface area contributed by atoms with Crippen LogP contribution in [0, 0.1) is 17.3 Å². The van der Waals surface area contributed by atoms with E-state index >= 15 is 0 Å². The number of aliphatic hydroxyl groups excluding tert-OH is 1. The molecule has 5 rings (SSSR count). The number of hydrogen-bond acceptors (Lipinski definition) is 4. The molecule has 3 aliphatic rings. The molecule has 0 spiro atoms. The van der Waals surface area contributed by atoms with Gasteiger partial charge in [0.1, 0.15) is 18.1 Å². The van der Waals surface area contributed by atoms with Gasteiger partial charge < -0.3 is 19.8 Å². The molecule has 3 aliphatic carbocycles. The smallest absolute Gasteiger partial charge is 0.119 e. The normalized spacial score (nSPS) is 31.1. The summed E-state index contributed by atoms with van der Waals surface area (Å²) in [5.74, 6) is 3.11. The first-order valence-electron chi connectivity index (χ1n) is 12.3. The lowest BCUT2D eigenvalue weighted by atomic mass is 9.53. The summed E-state index contributed by atoms with van der Waals surface area (Å²) in [4.78, 5) is 2.12. The Morgan fingerprint density at radius 2 is 1.84 bits per heavy atom. The lowest BCUT2D eigenvalue weighted by Gasteiger charge is -2.51. The molecule has 0 bridgehead atoms. The molecule has 0 amide bonds. The molecule has 5 atom stereocenters. The SMILES string of the molecule is CN(C)CCOc1ccc(C[C@]23CC[C@@H]4c5ccc(O)cc5CC[C@H]4[C@@H]2CC[C@@H]3O)cc1. The van der Waals surface area contributed by atoms with Gasteiger partial charge in [-0.1, -0.05) is 18.2 Å². The third kappa shape index (κ3) is 3.92. The van der Waals surface area contributed by atoms with Gasteiger partial charge in [-0.15, -0.1) is 0 Å². The van der Waals surface area contributed by atoms with Crippen LogP contribution in [0.25, 0.3) is 0 Å². The maximum atomic E-state index is 11.2. The lowest BCUT2D eigenvalue weighted by molar-refractivity contribution is -0.0365. The summed E-state index contributed by atoms with van der Waals surface area (Å²) in [5, 5.41) is 21.1. The van der Waals surface area contributed by atoms with Crippen LogP contribution in [0.1, 0.15) is 54.7 Å². The molecule has 0 radical (unpaired) electrons. The van der Waals surface area contributed by atoms with E-state index in [1.807, 2.05) is 12.1 Å². The number of nitrogens with zero attached hydrogens (tertiary/aromatic N) is 1. The Hall–Kier alpha value is -2.04. The molecule has 0 heterocycles. The van der Waals surface area contributed by atoms with Gasteiger partial charge in [0, 0.05) is 12.0 Å². The molecular formula is C28H37NO3. The van der Waals surface area contributed by atoms with Gasteiger partial charge in [0.05, 0.1) is 6.10 Å². The van der Waals surface area contributed by atoms with Crippen LogP contribution in [0.15, 0.2) is 42.5 Å². The zero-order valence-electron chi connectivity index (χ0n) is 19.5. The van der Waals surface area contributed by atoms with Crippen LogP contribution >= 0.6 is 0 Å². The number of ether oxygens (including phenoxy) is 1. The van der Waals surface area contributed by atoms with Gasteiger partial charge in [0.2, 0.25) is 0 Å². The highest BCUT2D eigenvalue weighted by molar-refractivity contribution is 5.40. The van der Waals surface area contributed by atoms with Crippen molar-refractivity contribution in [2.24, 2.45) is 17.3 Å². The van der Waals surface area contributed by atoms with E-state index in [4.69, 9.17) is 4.74 Å². The maximum Gasteiger partial charge on any atom is 0.119 e. The average Bonchev–Trinajstić information content (AvgIpc) is 3.10. The number of rotatable bonds is 6. The standard InChI is InChI=1S/C28H37NO3/c1-29(2)15-16-32-22-7-3-19(4-8-22)18-28-14-13-24-23-10-6-21(30)17-20(23)5-9-25(24)26(28)11-12-27(28)31/h3-4,6-8,10,17,24-27,30-31H,5,9,11-16,18H2,1-2H3/t24-,25-,26+,27+,28-/m1/s1. The first kappa shape index (κ1) is 21.8. The van der Waals surface area contributed by atoms with Gasteiger partial charge in [-0.3, -0.25) is 0 Å². The van der Waals surface area contributed by atoms with Crippen molar-refractivity contribution in [3.05, 3.63) is 59.2 Å². The number of benzene rings is 2. The van der Waals surface area contributed by atoms with E-state index < -0.39 is 0 Å². The fraction of sp³-hybridized carbons (Fsp3) is 0.571. The van der Waals surface area contributed by atoms with Crippen LogP contribution in [0.3, 0.4) is 0 Å². The van der Waals surface area contributed by atoms with E-state index in [1.165, 1.54) is 23.1 Å². The van der Waals surface area contributed by atoms with Crippen LogP contribution in [-0.4, -0.2) is 48.5 Å². The second-order valence-electron chi connectivity index (χ2n) is 10.6. The van der Waals surface area contributed by atoms with Crippen LogP contribution in [-0.2, 0) is 12.8 Å². The minimum atomic E-state index is -0.203. The molecule has 2 fully saturated rings. The number of phenols is 1. The molecule has 0 saturated heterocycles. The van der Waals surface area contributed by atoms with Crippen molar-refractivity contribution < 1.29 is 14.9 Å². The number of hydrogen-bond donors (Lipinski definition) is 2. The summed E-state index contributed by atoms with van der Waals surface area (Å²) in [6, 6.07) is 14.6. The zero-order chi connectivity index (χ0) is 22.3. The average molecular weight is 436 g/mol. The highest BCUT2D eigenvalue weighted by Gasteiger charge is 2.56. The number of phenolic OH excluding ortho intramolecular Hbond substituents is 1. The van der Waals surface area contributed by atoms with Crippen molar-refractivity contribution in [3.63, 3.8) is 0 Å². The van der Waals surface area contributed by atoms with Gasteiger partial charge in [0.15, 0.2) is 0 Å². The van der Waals surface area contributed by atoms with Crippen molar-refractivity contribution in [1.82, 2.24) is 4.90 Å². The first-order valence-corrected chi connectivity index (χ1v) is 12.3. The third-order valence-corrected chi connectivity index (χ3v) is 8.64. The molecule has 4 nitrogen and oxygen atoms in total. The van der Waals surface area contributed by atoms with E-state index in [1.54, 1.807) is 0 Å².